The average molecular weight is 345 g/mol. The molecule has 5 nitrogen and oxygen atoms in total. The fourth-order valence-electron chi connectivity index (χ4n) is 2.95. The van der Waals surface area contributed by atoms with Gasteiger partial charge in [0.1, 0.15) is 11.9 Å². The molecule has 2 heterocycles. The number of amides is 1. The average Bonchev–Trinajstić information content (AvgIpc) is 2.92. The zero-order valence-electron chi connectivity index (χ0n) is 12.9. The lowest BCUT2D eigenvalue weighted by Gasteiger charge is -2.27. The van der Waals surface area contributed by atoms with Crippen LogP contribution in [0.1, 0.15) is 24.8 Å². The first-order valence-corrected chi connectivity index (χ1v) is 7.81. The second-order valence-corrected chi connectivity index (χ2v) is 6.02. The van der Waals surface area contributed by atoms with E-state index < -0.39 is 30.9 Å². The summed E-state index contributed by atoms with van der Waals surface area (Å²) in [4.78, 5) is 13.2. The Bertz CT molecular complexity index is 620. The molecule has 3 rings (SSSR count). The van der Waals surface area contributed by atoms with E-state index in [1.807, 2.05) is 0 Å². The van der Waals surface area contributed by atoms with Crippen LogP contribution in [0.4, 0.5) is 23.7 Å². The maximum absolute atomic E-state index is 12.3. The van der Waals surface area contributed by atoms with Crippen molar-refractivity contribution in [3.63, 3.8) is 0 Å². The largest absolute Gasteiger partial charge is 0.490 e. The second kappa shape index (κ2) is 6.51. The summed E-state index contributed by atoms with van der Waals surface area (Å²) in [5, 5.41) is 9.07. The van der Waals surface area contributed by atoms with E-state index >= 15 is 0 Å². The Morgan fingerprint density at radius 1 is 1.25 bits per heavy atom. The second-order valence-electron chi connectivity index (χ2n) is 6.02. The highest BCUT2D eigenvalue weighted by atomic mass is 19.4. The van der Waals surface area contributed by atoms with E-state index in [0.29, 0.717) is 24.3 Å². The number of nitrogens with zero attached hydrogens (tertiary/aromatic N) is 1. The summed E-state index contributed by atoms with van der Waals surface area (Å²) in [5.41, 5.74) is 1.49. The van der Waals surface area contributed by atoms with E-state index in [1.54, 1.807) is 18.2 Å². The SMILES string of the molecule is O=C1OC(CO)CN1c1ccc2c(c1)CCC(CCC(F)(F)F)O2. The summed E-state index contributed by atoms with van der Waals surface area (Å²) < 4.78 is 47.6. The van der Waals surface area contributed by atoms with Crippen LogP contribution in [-0.2, 0) is 11.2 Å². The molecule has 132 valence electrons. The van der Waals surface area contributed by atoms with Crippen molar-refractivity contribution < 1.29 is 32.5 Å². The van der Waals surface area contributed by atoms with Gasteiger partial charge in [-0.1, -0.05) is 0 Å². The molecule has 0 spiro atoms. The van der Waals surface area contributed by atoms with E-state index in [1.165, 1.54) is 4.90 Å². The lowest BCUT2D eigenvalue weighted by Crippen LogP contribution is -2.27. The molecule has 8 heteroatoms. The summed E-state index contributed by atoms with van der Waals surface area (Å²) in [5.74, 6) is 0.559. The minimum absolute atomic E-state index is 0.0542. The van der Waals surface area contributed by atoms with Gasteiger partial charge in [0.2, 0.25) is 0 Å². The minimum Gasteiger partial charge on any atom is -0.490 e. The first kappa shape index (κ1) is 16.9. The number of benzene rings is 1. The summed E-state index contributed by atoms with van der Waals surface area (Å²) in [6.07, 6.45) is -5.49. The van der Waals surface area contributed by atoms with Gasteiger partial charge < -0.3 is 14.6 Å². The van der Waals surface area contributed by atoms with Gasteiger partial charge in [-0.15, -0.1) is 0 Å². The van der Waals surface area contributed by atoms with Crippen LogP contribution in [0.25, 0.3) is 0 Å². The Hall–Kier alpha value is -1.96. The van der Waals surface area contributed by atoms with Gasteiger partial charge in [-0.2, -0.15) is 13.2 Å². The highest BCUT2D eigenvalue weighted by Gasteiger charge is 2.33. The number of halogens is 3. The van der Waals surface area contributed by atoms with Crippen molar-refractivity contribution in [3.8, 4) is 5.75 Å². The van der Waals surface area contributed by atoms with Gasteiger partial charge >= 0.3 is 12.3 Å². The molecule has 2 unspecified atom stereocenters. The predicted molar refractivity (Wildman–Crippen MR) is 79.2 cm³/mol. The van der Waals surface area contributed by atoms with Crippen LogP contribution in [0, 0.1) is 0 Å². The van der Waals surface area contributed by atoms with E-state index in [0.717, 1.165) is 5.56 Å². The zero-order valence-corrected chi connectivity index (χ0v) is 12.9. The van der Waals surface area contributed by atoms with Crippen molar-refractivity contribution in [1.29, 1.82) is 0 Å². The minimum atomic E-state index is -4.17. The van der Waals surface area contributed by atoms with Gasteiger partial charge in [-0.05, 0) is 43.0 Å². The summed E-state index contributed by atoms with van der Waals surface area (Å²) in [6.45, 7) is 0.0281. The third-order valence-electron chi connectivity index (χ3n) is 4.21. The zero-order chi connectivity index (χ0) is 17.3. The number of hydrogen-bond acceptors (Lipinski definition) is 4. The third-order valence-corrected chi connectivity index (χ3v) is 4.21. The van der Waals surface area contributed by atoms with Crippen molar-refractivity contribution >= 4 is 11.8 Å². The van der Waals surface area contributed by atoms with Gasteiger partial charge in [0.25, 0.3) is 0 Å². The van der Waals surface area contributed by atoms with Crippen molar-refractivity contribution in [2.24, 2.45) is 0 Å². The quantitative estimate of drug-likeness (QED) is 0.911. The molecule has 2 aliphatic rings. The fourth-order valence-corrected chi connectivity index (χ4v) is 2.95. The Morgan fingerprint density at radius 2 is 2.04 bits per heavy atom. The number of carbonyl (C=O) groups excluding carboxylic acids is 1. The molecule has 1 fully saturated rings. The Labute approximate surface area is 137 Å². The fraction of sp³-hybridized carbons (Fsp3) is 0.562. The number of cyclic esters (lactones) is 1. The molecule has 1 N–H and O–H groups in total. The molecule has 0 aromatic heterocycles. The molecule has 2 atom stereocenters. The third kappa shape index (κ3) is 3.75. The van der Waals surface area contributed by atoms with Gasteiger partial charge in [0.15, 0.2) is 0 Å². The van der Waals surface area contributed by atoms with Crippen molar-refractivity contribution in [3.05, 3.63) is 23.8 Å². The molecule has 1 saturated heterocycles. The number of ether oxygens (including phenoxy) is 2. The van der Waals surface area contributed by atoms with Crippen LogP contribution in [0.2, 0.25) is 0 Å². The first-order valence-electron chi connectivity index (χ1n) is 7.81. The highest BCUT2D eigenvalue weighted by molar-refractivity contribution is 5.90. The predicted octanol–water partition coefficient (Wildman–Crippen LogP) is 3.04. The van der Waals surface area contributed by atoms with Gasteiger partial charge in [-0.25, -0.2) is 4.79 Å². The van der Waals surface area contributed by atoms with E-state index in [4.69, 9.17) is 14.6 Å². The molecule has 1 amide bonds. The maximum atomic E-state index is 12.3. The molecule has 0 bridgehead atoms. The molecule has 24 heavy (non-hydrogen) atoms. The van der Waals surface area contributed by atoms with E-state index in [-0.39, 0.29) is 19.6 Å². The molecule has 1 aromatic carbocycles. The number of aliphatic hydroxyl groups is 1. The number of fused-ring (bicyclic) bond motifs is 1. The van der Waals surface area contributed by atoms with Crippen LogP contribution < -0.4 is 9.64 Å². The van der Waals surface area contributed by atoms with Gasteiger partial charge in [0, 0.05) is 12.1 Å². The Balaban J connectivity index is 1.67. The number of carbonyl (C=O) groups is 1. The van der Waals surface area contributed by atoms with Crippen molar-refractivity contribution in [2.45, 2.75) is 44.1 Å². The number of aliphatic hydroxyl groups excluding tert-OH is 1. The van der Waals surface area contributed by atoms with E-state index in [9.17, 15) is 18.0 Å². The topological polar surface area (TPSA) is 59.0 Å². The van der Waals surface area contributed by atoms with Crippen LogP contribution in [0.5, 0.6) is 5.75 Å². The Kier molecular flexibility index (Phi) is 4.58. The first-order chi connectivity index (χ1) is 11.4. The molecular formula is C16H18F3NO4. The number of hydrogen-bond donors (Lipinski definition) is 1. The van der Waals surface area contributed by atoms with Crippen LogP contribution in [0.15, 0.2) is 18.2 Å². The number of aryl methyl sites for hydroxylation is 1. The van der Waals surface area contributed by atoms with Crippen LogP contribution in [0.3, 0.4) is 0 Å². The van der Waals surface area contributed by atoms with Gasteiger partial charge in [0.05, 0.1) is 19.3 Å². The van der Waals surface area contributed by atoms with Gasteiger partial charge in [-0.3, -0.25) is 4.90 Å². The van der Waals surface area contributed by atoms with Crippen LogP contribution >= 0.6 is 0 Å². The highest BCUT2D eigenvalue weighted by Crippen LogP contribution is 2.34. The molecule has 2 aliphatic heterocycles. The summed E-state index contributed by atoms with van der Waals surface area (Å²) >= 11 is 0. The van der Waals surface area contributed by atoms with E-state index in [2.05, 4.69) is 0 Å². The molecule has 1 aromatic rings. The summed E-state index contributed by atoms with van der Waals surface area (Å²) in [6, 6.07) is 5.13. The molecular weight excluding hydrogens is 327 g/mol. The van der Waals surface area contributed by atoms with Crippen molar-refractivity contribution in [1.82, 2.24) is 0 Å². The standard InChI is InChI=1S/C16H18F3NO4/c17-16(18,19)6-5-12-3-1-10-7-11(2-4-14(10)23-12)20-8-13(9-21)24-15(20)22/h2,4,7,12-13,21H,1,3,5-6,8-9H2. The lowest BCUT2D eigenvalue weighted by molar-refractivity contribution is -0.139. The summed E-state index contributed by atoms with van der Waals surface area (Å²) in [7, 11) is 0. The normalized spacial score (nSPS) is 23.7. The monoisotopic (exact) mass is 345 g/mol. The smallest absolute Gasteiger partial charge is 0.414 e. The number of rotatable bonds is 4. The number of alkyl halides is 3. The number of anilines is 1. The molecule has 0 radical (unpaired) electrons. The van der Waals surface area contributed by atoms with Crippen LogP contribution in [-0.4, -0.2) is 42.7 Å². The lowest BCUT2D eigenvalue weighted by atomic mass is 9.98. The van der Waals surface area contributed by atoms with Crippen molar-refractivity contribution in [2.75, 3.05) is 18.1 Å². The molecule has 0 saturated carbocycles. The molecule has 0 aliphatic carbocycles. The maximum Gasteiger partial charge on any atom is 0.414 e. The Morgan fingerprint density at radius 3 is 2.71 bits per heavy atom.